The molecule has 0 aliphatic carbocycles. The van der Waals surface area contributed by atoms with Crippen LogP contribution in [0.2, 0.25) is 0 Å². The molecule has 7 heteroatoms. The van der Waals surface area contributed by atoms with Crippen molar-refractivity contribution < 1.29 is 13.5 Å². The third-order valence-electron chi connectivity index (χ3n) is 2.38. The van der Waals surface area contributed by atoms with Crippen molar-refractivity contribution in [3.05, 3.63) is 36.0 Å². The van der Waals surface area contributed by atoms with Gasteiger partial charge in [0.2, 0.25) is 5.95 Å². The molecule has 0 spiro atoms. The maximum atomic E-state index is 13.6. The number of hydrogen-bond acceptors (Lipinski definition) is 5. The Balaban J connectivity index is 2.35. The Hall–Kier alpha value is -2.44. The van der Waals surface area contributed by atoms with E-state index in [1.165, 1.54) is 25.3 Å². The number of nitrogens with one attached hydrogen (secondary N) is 2. The van der Waals surface area contributed by atoms with Crippen molar-refractivity contribution in [1.82, 2.24) is 9.97 Å². The summed E-state index contributed by atoms with van der Waals surface area (Å²) < 4.78 is 31.6. The normalized spacial score (nSPS) is 10.1. The van der Waals surface area contributed by atoms with Gasteiger partial charge in [-0.05, 0) is 12.1 Å². The molecule has 0 unspecified atom stereocenters. The highest BCUT2D eigenvalue weighted by molar-refractivity contribution is 5.64. The monoisotopic (exact) mass is 266 g/mol. The highest BCUT2D eigenvalue weighted by atomic mass is 19.1. The van der Waals surface area contributed by atoms with Gasteiger partial charge in [-0.15, -0.1) is 0 Å². The fourth-order valence-electron chi connectivity index (χ4n) is 1.47. The van der Waals surface area contributed by atoms with Crippen molar-refractivity contribution in [2.45, 2.75) is 0 Å². The van der Waals surface area contributed by atoms with Crippen LogP contribution in [0, 0.1) is 11.6 Å². The van der Waals surface area contributed by atoms with E-state index in [4.69, 9.17) is 4.74 Å². The van der Waals surface area contributed by atoms with Crippen LogP contribution in [0.1, 0.15) is 0 Å². The van der Waals surface area contributed by atoms with Gasteiger partial charge >= 0.3 is 0 Å². The topological polar surface area (TPSA) is 59.1 Å². The number of nitrogens with zero attached hydrogens (tertiary/aromatic N) is 2. The van der Waals surface area contributed by atoms with Gasteiger partial charge in [0.05, 0.1) is 19.0 Å². The van der Waals surface area contributed by atoms with Crippen LogP contribution in [0.25, 0.3) is 0 Å². The van der Waals surface area contributed by atoms with Crippen LogP contribution in [0.3, 0.4) is 0 Å². The summed E-state index contributed by atoms with van der Waals surface area (Å²) in [4.78, 5) is 7.65. The lowest BCUT2D eigenvalue weighted by atomic mass is 10.3. The van der Waals surface area contributed by atoms with Crippen LogP contribution in [0.4, 0.5) is 26.2 Å². The number of hydrogen-bond donors (Lipinski definition) is 2. The summed E-state index contributed by atoms with van der Waals surface area (Å²) in [5, 5.41) is 5.43. The van der Waals surface area contributed by atoms with Crippen molar-refractivity contribution in [3.8, 4) is 5.75 Å². The first-order valence-corrected chi connectivity index (χ1v) is 5.45. The Kier molecular flexibility index (Phi) is 3.74. The minimum absolute atomic E-state index is 0.0238. The Morgan fingerprint density at radius 2 is 2.05 bits per heavy atom. The number of benzene rings is 1. The lowest BCUT2D eigenvalue weighted by Gasteiger charge is -2.11. The molecule has 5 nitrogen and oxygen atoms in total. The van der Waals surface area contributed by atoms with Crippen LogP contribution >= 0.6 is 0 Å². The van der Waals surface area contributed by atoms with Gasteiger partial charge in [0.25, 0.3) is 0 Å². The molecule has 0 amide bonds. The Bertz CT molecular complexity index is 592. The largest absolute Gasteiger partial charge is 0.494 e. The van der Waals surface area contributed by atoms with E-state index >= 15 is 0 Å². The number of methoxy groups -OCH3 is 1. The van der Waals surface area contributed by atoms with Crippen LogP contribution in [0.5, 0.6) is 5.75 Å². The molecule has 0 radical (unpaired) electrons. The molecule has 0 saturated heterocycles. The van der Waals surface area contributed by atoms with Crippen LogP contribution in [-0.4, -0.2) is 24.1 Å². The maximum absolute atomic E-state index is 13.6. The molecule has 0 fully saturated rings. The molecule has 19 heavy (non-hydrogen) atoms. The van der Waals surface area contributed by atoms with Crippen molar-refractivity contribution in [3.63, 3.8) is 0 Å². The molecule has 100 valence electrons. The van der Waals surface area contributed by atoms with Crippen molar-refractivity contribution in [1.29, 1.82) is 0 Å². The summed E-state index contributed by atoms with van der Waals surface area (Å²) >= 11 is 0. The van der Waals surface area contributed by atoms with Crippen molar-refractivity contribution in [2.24, 2.45) is 0 Å². The van der Waals surface area contributed by atoms with E-state index in [0.29, 0.717) is 5.69 Å². The lowest BCUT2D eigenvalue weighted by molar-refractivity contribution is 0.413. The first kappa shape index (κ1) is 13.0. The van der Waals surface area contributed by atoms with Crippen LogP contribution in [0.15, 0.2) is 24.4 Å². The molecule has 2 rings (SSSR count). The summed E-state index contributed by atoms with van der Waals surface area (Å²) in [5.41, 5.74) is 0.406. The number of anilines is 3. The van der Waals surface area contributed by atoms with E-state index in [1.807, 2.05) is 0 Å². The molecule has 0 bridgehead atoms. The summed E-state index contributed by atoms with van der Waals surface area (Å²) in [6, 6.07) is 3.87. The minimum Gasteiger partial charge on any atom is -0.494 e. The lowest BCUT2D eigenvalue weighted by Crippen LogP contribution is -2.04. The zero-order chi connectivity index (χ0) is 13.8. The first-order chi connectivity index (χ1) is 9.13. The van der Waals surface area contributed by atoms with Gasteiger partial charge < -0.3 is 15.4 Å². The van der Waals surface area contributed by atoms with E-state index < -0.39 is 11.6 Å². The molecule has 2 N–H and O–H groups in total. The van der Waals surface area contributed by atoms with Crippen molar-refractivity contribution in [2.75, 3.05) is 24.8 Å². The molecule has 0 aliphatic heterocycles. The number of halogens is 2. The number of ether oxygens (including phenoxy) is 1. The van der Waals surface area contributed by atoms with E-state index in [0.717, 1.165) is 6.20 Å². The molecule has 1 heterocycles. The van der Waals surface area contributed by atoms with Gasteiger partial charge in [-0.25, -0.2) is 13.8 Å². The number of aromatic nitrogens is 2. The highest BCUT2D eigenvalue weighted by Gasteiger charge is 2.10. The maximum Gasteiger partial charge on any atom is 0.224 e. The SMILES string of the molecule is CNc1ncc(F)c(Nc2ccc(F)cc2OC)n1. The first-order valence-electron chi connectivity index (χ1n) is 5.45. The third kappa shape index (κ3) is 2.87. The molecule has 1 aromatic heterocycles. The van der Waals surface area contributed by atoms with E-state index in [2.05, 4.69) is 20.6 Å². The summed E-state index contributed by atoms with van der Waals surface area (Å²) in [6.45, 7) is 0. The Morgan fingerprint density at radius 3 is 2.74 bits per heavy atom. The zero-order valence-electron chi connectivity index (χ0n) is 10.4. The predicted molar refractivity (Wildman–Crippen MR) is 67.8 cm³/mol. The molecule has 1 aromatic carbocycles. The second kappa shape index (κ2) is 5.47. The van der Waals surface area contributed by atoms with Gasteiger partial charge in [-0.1, -0.05) is 0 Å². The summed E-state index contributed by atoms with van der Waals surface area (Å²) in [7, 11) is 3.02. The van der Waals surface area contributed by atoms with Crippen LogP contribution in [-0.2, 0) is 0 Å². The quantitative estimate of drug-likeness (QED) is 0.890. The smallest absolute Gasteiger partial charge is 0.224 e. The molecule has 0 atom stereocenters. The van der Waals surface area contributed by atoms with Crippen LogP contribution < -0.4 is 15.4 Å². The fourth-order valence-corrected chi connectivity index (χ4v) is 1.47. The highest BCUT2D eigenvalue weighted by Crippen LogP contribution is 2.28. The zero-order valence-corrected chi connectivity index (χ0v) is 10.4. The van der Waals surface area contributed by atoms with E-state index in [-0.39, 0.29) is 17.5 Å². The fraction of sp³-hybridized carbons (Fsp3) is 0.167. The molecule has 0 saturated carbocycles. The predicted octanol–water partition coefficient (Wildman–Crippen LogP) is 2.55. The average molecular weight is 266 g/mol. The van der Waals surface area contributed by atoms with E-state index in [1.54, 1.807) is 7.05 Å². The molecular weight excluding hydrogens is 254 g/mol. The molecule has 0 aliphatic rings. The van der Waals surface area contributed by atoms with E-state index in [9.17, 15) is 8.78 Å². The van der Waals surface area contributed by atoms with Gasteiger partial charge in [0, 0.05) is 13.1 Å². The summed E-state index contributed by atoms with van der Waals surface area (Å²) in [6.07, 6.45) is 1.04. The summed E-state index contributed by atoms with van der Waals surface area (Å²) in [5.74, 6) is -0.565. The van der Waals surface area contributed by atoms with Gasteiger partial charge in [0.15, 0.2) is 11.6 Å². The average Bonchev–Trinajstić information content (AvgIpc) is 2.43. The van der Waals surface area contributed by atoms with Gasteiger partial charge in [-0.3, -0.25) is 0 Å². The minimum atomic E-state index is -0.620. The number of rotatable bonds is 4. The standard InChI is InChI=1S/C12H12F2N4O/c1-15-12-16-6-8(14)11(18-12)17-9-4-3-7(13)5-10(9)19-2/h3-6H,1-2H3,(H2,15,16,17,18). The van der Waals surface area contributed by atoms with Gasteiger partial charge in [0.1, 0.15) is 11.6 Å². The second-order valence-corrected chi connectivity index (χ2v) is 3.61. The van der Waals surface area contributed by atoms with Gasteiger partial charge in [-0.2, -0.15) is 4.98 Å². The molecule has 2 aromatic rings. The molecular formula is C12H12F2N4O. The second-order valence-electron chi connectivity index (χ2n) is 3.61. The Morgan fingerprint density at radius 1 is 1.26 bits per heavy atom. The third-order valence-corrected chi connectivity index (χ3v) is 2.38. The van der Waals surface area contributed by atoms with Crippen molar-refractivity contribution >= 4 is 17.5 Å². The Labute approximate surface area is 108 Å².